The Morgan fingerprint density at radius 3 is 2.94 bits per heavy atom. The number of rotatable bonds is 5. The van der Waals surface area contributed by atoms with Crippen molar-refractivity contribution in [3.05, 3.63) is 18.0 Å². The first kappa shape index (κ1) is 12.9. The molecule has 0 aliphatic carbocycles. The predicted molar refractivity (Wildman–Crippen MR) is 61.5 cm³/mol. The first-order chi connectivity index (χ1) is 8.08. The first-order valence-electron chi connectivity index (χ1n) is 5.30. The molecule has 0 bridgehead atoms. The van der Waals surface area contributed by atoms with E-state index in [0.29, 0.717) is 0 Å². The first-order valence-corrected chi connectivity index (χ1v) is 5.30. The molecule has 0 spiro atoms. The summed E-state index contributed by atoms with van der Waals surface area (Å²) < 4.78 is 0. The van der Waals surface area contributed by atoms with Gasteiger partial charge in [-0.15, -0.1) is 0 Å². The van der Waals surface area contributed by atoms with Crippen molar-refractivity contribution >= 4 is 11.9 Å². The molecule has 0 aliphatic rings. The number of carboxylic acid groups (broad SMARTS) is 1. The highest BCUT2D eigenvalue weighted by atomic mass is 16.4. The van der Waals surface area contributed by atoms with Crippen molar-refractivity contribution in [3.8, 4) is 6.07 Å². The summed E-state index contributed by atoms with van der Waals surface area (Å²) in [5, 5.41) is 17.6. The molecule has 1 rings (SSSR count). The Balaban J connectivity index is 3.03. The Hall–Kier alpha value is -2.16. The quantitative estimate of drug-likeness (QED) is 0.818. The predicted octanol–water partition coefficient (Wildman–Crippen LogP) is 1.04. The van der Waals surface area contributed by atoms with E-state index < -0.39 is 5.97 Å². The van der Waals surface area contributed by atoms with Crippen molar-refractivity contribution in [2.24, 2.45) is 0 Å². The summed E-state index contributed by atoms with van der Waals surface area (Å²) >= 11 is 0. The highest BCUT2D eigenvalue weighted by Gasteiger charge is 2.18. The normalized spacial score (nSPS) is 11.6. The van der Waals surface area contributed by atoms with Crippen molar-refractivity contribution in [1.82, 2.24) is 9.97 Å². The SMILES string of the molecule is CCC(C)N(CC(=O)O)c1nccc(C#N)n1. The number of hydrogen-bond acceptors (Lipinski definition) is 5. The topological polar surface area (TPSA) is 90.1 Å². The van der Waals surface area contributed by atoms with Crippen molar-refractivity contribution in [2.75, 3.05) is 11.4 Å². The summed E-state index contributed by atoms with van der Waals surface area (Å²) in [6, 6.07) is 3.39. The molecule has 1 aromatic rings. The maximum atomic E-state index is 10.8. The van der Waals surface area contributed by atoms with Gasteiger partial charge in [0.05, 0.1) is 0 Å². The van der Waals surface area contributed by atoms with Gasteiger partial charge >= 0.3 is 5.97 Å². The smallest absolute Gasteiger partial charge is 0.323 e. The number of anilines is 1. The third kappa shape index (κ3) is 3.41. The van der Waals surface area contributed by atoms with Crippen LogP contribution in [0.15, 0.2) is 12.3 Å². The van der Waals surface area contributed by atoms with Gasteiger partial charge in [0.15, 0.2) is 0 Å². The third-order valence-corrected chi connectivity index (χ3v) is 2.44. The molecule has 0 saturated carbocycles. The second kappa shape index (κ2) is 5.80. The van der Waals surface area contributed by atoms with Crippen LogP contribution in [0.3, 0.4) is 0 Å². The summed E-state index contributed by atoms with van der Waals surface area (Å²) in [5.41, 5.74) is 0.230. The molecule has 0 amide bonds. The Labute approximate surface area is 99.5 Å². The molecule has 1 N–H and O–H groups in total. The summed E-state index contributed by atoms with van der Waals surface area (Å²) in [5.74, 6) is -0.669. The fourth-order valence-corrected chi connectivity index (χ4v) is 1.34. The molecule has 1 atom stereocenters. The molecule has 1 heterocycles. The molecule has 1 aromatic heterocycles. The lowest BCUT2D eigenvalue weighted by Crippen LogP contribution is -2.38. The molecule has 0 aromatic carbocycles. The van der Waals surface area contributed by atoms with Gasteiger partial charge in [-0.05, 0) is 19.4 Å². The van der Waals surface area contributed by atoms with E-state index in [-0.39, 0.29) is 24.2 Å². The Morgan fingerprint density at radius 2 is 2.41 bits per heavy atom. The van der Waals surface area contributed by atoms with Crippen LogP contribution in [0.2, 0.25) is 0 Å². The van der Waals surface area contributed by atoms with Crippen LogP contribution in [0.1, 0.15) is 26.0 Å². The van der Waals surface area contributed by atoms with E-state index in [1.165, 1.54) is 12.3 Å². The fourth-order valence-electron chi connectivity index (χ4n) is 1.34. The Kier molecular flexibility index (Phi) is 4.40. The van der Waals surface area contributed by atoms with Crippen molar-refractivity contribution in [2.45, 2.75) is 26.3 Å². The second-order valence-corrected chi connectivity index (χ2v) is 3.63. The largest absolute Gasteiger partial charge is 0.480 e. The van der Waals surface area contributed by atoms with Crippen molar-refractivity contribution < 1.29 is 9.90 Å². The van der Waals surface area contributed by atoms with Gasteiger partial charge in [-0.25, -0.2) is 9.97 Å². The molecule has 6 heteroatoms. The molecule has 0 fully saturated rings. The highest BCUT2D eigenvalue weighted by molar-refractivity contribution is 5.72. The van der Waals surface area contributed by atoms with Gasteiger partial charge in [0.2, 0.25) is 5.95 Å². The lowest BCUT2D eigenvalue weighted by Gasteiger charge is -2.26. The number of aliphatic carboxylic acids is 1. The van der Waals surface area contributed by atoms with Crippen LogP contribution >= 0.6 is 0 Å². The number of carbonyl (C=O) groups is 1. The van der Waals surface area contributed by atoms with Gasteiger partial charge in [-0.3, -0.25) is 4.79 Å². The zero-order valence-electron chi connectivity index (χ0n) is 9.79. The minimum atomic E-state index is -0.948. The average Bonchev–Trinajstić information content (AvgIpc) is 2.35. The summed E-state index contributed by atoms with van der Waals surface area (Å²) in [4.78, 5) is 20.4. The molecule has 1 unspecified atom stereocenters. The second-order valence-electron chi connectivity index (χ2n) is 3.63. The monoisotopic (exact) mass is 234 g/mol. The lowest BCUT2D eigenvalue weighted by molar-refractivity contribution is -0.135. The van der Waals surface area contributed by atoms with Crippen LogP contribution < -0.4 is 4.90 Å². The average molecular weight is 234 g/mol. The molecule has 17 heavy (non-hydrogen) atoms. The molecule has 0 radical (unpaired) electrons. The lowest BCUT2D eigenvalue weighted by atomic mass is 10.2. The van der Waals surface area contributed by atoms with Gasteiger partial charge in [0.1, 0.15) is 18.3 Å². The van der Waals surface area contributed by atoms with Gasteiger partial charge in [-0.2, -0.15) is 5.26 Å². The van der Waals surface area contributed by atoms with Gasteiger partial charge in [-0.1, -0.05) is 6.92 Å². The minimum absolute atomic E-state index is 0.0000397. The third-order valence-electron chi connectivity index (χ3n) is 2.44. The number of hydrogen-bond donors (Lipinski definition) is 1. The number of nitrogens with zero attached hydrogens (tertiary/aromatic N) is 4. The van der Waals surface area contributed by atoms with Gasteiger partial charge in [0, 0.05) is 12.2 Å². The fraction of sp³-hybridized carbons (Fsp3) is 0.455. The zero-order valence-corrected chi connectivity index (χ0v) is 9.79. The zero-order chi connectivity index (χ0) is 12.8. The minimum Gasteiger partial charge on any atom is -0.480 e. The van der Waals surface area contributed by atoms with Crippen LogP contribution in [0, 0.1) is 11.3 Å². The Morgan fingerprint density at radius 1 is 1.71 bits per heavy atom. The highest BCUT2D eigenvalue weighted by Crippen LogP contribution is 2.13. The maximum Gasteiger partial charge on any atom is 0.323 e. The standard InChI is InChI=1S/C11H14N4O2/c1-3-8(2)15(7-10(16)17)11-13-5-4-9(6-12)14-11/h4-5,8H,3,7H2,1-2H3,(H,16,17). The van der Waals surface area contributed by atoms with E-state index in [2.05, 4.69) is 9.97 Å². The molecular formula is C11H14N4O2. The van der Waals surface area contributed by atoms with Crippen LogP contribution in [0.5, 0.6) is 0 Å². The van der Waals surface area contributed by atoms with E-state index in [1.807, 2.05) is 19.9 Å². The van der Waals surface area contributed by atoms with Crippen molar-refractivity contribution in [3.63, 3.8) is 0 Å². The number of aromatic nitrogens is 2. The number of carboxylic acids is 1. The van der Waals surface area contributed by atoms with Gasteiger partial charge < -0.3 is 10.0 Å². The van der Waals surface area contributed by atoms with E-state index >= 15 is 0 Å². The van der Waals surface area contributed by atoms with Crippen LogP contribution in [0.4, 0.5) is 5.95 Å². The van der Waals surface area contributed by atoms with E-state index in [0.717, 1.165) is 6.42 Å². The van der Waals surface area contributed by atoms with E-state index in [4.69, 9.17) is 10.4 Å². The molecule has 0 saturated heterocycles. The van der Waals surface area contributed by atoms with Gasteiger partial charge in [0.25, 0.3) is 0 Å². The molecular weight excluding hydrogens is 220 g/mol. The molecule has 0 aliphatic heterocycles. The van der Waals surface area contributed by atoms with E-state index in [1.54, 1.807) is 4.90 Å². The van der Waals surface area contributed by atoms with E-state index in [9.17, 15) is 4.79 Å². The summed E-state index contributed by atoms with van der Waals surface area (Å²) in [6.07, 6.45) is 2.23. The summed E-state index contributed by atoms with van der Waals surface area (Å²) in [6.45, 7) is 3.67. The maximum absolute atomic E-state index is 10.8. The van der Waals surface area contributed by atoms with Crippen LogP contribution in [-0.2, 0) is 4.79 Å². The molecule has 90 valence electrons. The Bertz CT molecular complexity index is 441. The van der Waals surface area contributed by atoms with Crippen LogP contribution in [-0.4, -0.2) is 33.6 Å². The molecule has 6 nitrogen and oxygen atoms in total. The number of nitriles is 1. The van der Waals surface area contributed by atoms with Crippen LogP contribution in [0.25, 0.3) is 0 Å². The van der Waals surface area contributed by atoms with Crippen molar-refractivity contribution in [1.29, 1.82) is 5.26 Å². The summed E-state index contributed by atoms with van der Waals surface area (Å²) in [7, 11) is 0.